The molecule has 1 heterocycles. The molecule has 0 saturated heterocycles. The minimum atomic E-state index is -1.52. The number of carboxylic acid groups (broad SMARTS) is 2. The monoisotopic (exact) mass is 271 g/mol. The number of amides is 1. The zero-order chi connectivity index (χ0) is 14.6. The van der Waals surface area contributed by atoms with Gasteiger partial charge in [-0.15, -0.1) is 0 Å². The zero-order valence-electron chi connectivity index (χ0n) is 10.3. The number of methoxy groups -OCH3 is 1. The minimum Gasteiger partial charge on any atom is -0.481 e. The summed E-state index contributed by atoms with van der Waals surface area (Å²) in [7, 11) is 2.94. The number of nitrogens with one attached hydrogen (secondary N) is 1. The van der Waals surface area contributed by atoms with Gasteiger partial charge in [-0.1, -0.05) is 0 Å². The van der Waals surface area contributed by atoms with Crippen molar-refractivity contribution in [2.24, 2.45) is 7.05 Å². The first-order chi connectivity index (χ1) is 8.85. The van der Waals surface area contributed by atoms with Gasteiger partial charge in [-0.2, -0.15) is 5.10 Å². The second-order valence-corrected chi connectivity index (χ2v) is 3.66. The van der Waals surface area contributed by atoms with E-state index in [-0.39, 0.29) is 5.69 Å². The molecular weight excluding hydrogens is 258 g/mol. The average molecular weight is 271 g/mol. The minimum absolute atomic E-state index is 0.0593. The van der Waals surface area contributed by atoms with Crippen molar-refractivity contribution in [1.82, 2.24) is 15.1 Å². The Hall–Kier alpha value is -2.58. The number of rotatable bonds is 6. The van der Waals surface area contributed by atoms with Crippen molar-refractivity contribution < 1.29 is 29.3 Å². The number of aliphatic carboxylic acids is 2. The molecule has 19 heavy (non-hydrogen) atoms. The molecule has 1 amide bonds. The van der Waals surface area contributed by atoms with Gasteiger partial charge in [-0.05, 0) is 0 Å². The van der Waals surface area contributed by atoms with Crippen molar-refractivity contribution in [3.8, 4) is 5.88 Å². The lowest BCUT2D eigenvalue weighted by molar-refractivity contribution is -0.145. The highest BCUT2D eigenvalue weighted by atomic mass is 16.5. The Morgan fingerprint density at radius 3 is 2.53 bits per heavy atom. The SMILES string of the molecule is COc1cc(C(=O)N[C@@H](CC(=O)O)C(=O)O)nn1C. The lowest BCUT2D eigenvalue weighted by atomic mass is 10.2. The van der Waals surface area contributed by atoms with Gasteiger partial charge in [0.1, 0.15) is 6.04 Å². The molecule has 0 aliphatic carbocycles. The largest absolute Gasteiger partial charge is 0.481 e. The third kappa shape index (κ3) is 3.69. The molecule has 0 radical (unpaired) electrons. The lowest BCUT2D eigenvalue weighted by Crippen LogP contribution is -2.42. The molecule has 0 spiro atoms. The van der Waals surface area contributed by atoms with Crippen LogP contribution in [0.25, 0.3) is 0 Å². The molecule has 104 valence electrons. The number of aryl methyl sites for hydroxylation is 1. The summed E-state index contributed by atoms with van der Waals surface area (Å²) in [5.41, 5.74) is -0.0593. The number of hydrogen-bond donors (Lipinski definition) is 3. The normalized spacial score (nSPS) is 11.7. The number of ether oxygens (including phenoxy) is 1. The van der Waals surface area contributed by atoms with E-state index >= 15 is 0 Å². The van der Waals surface area contributed by atoms with Crippen molar-refractivity contribution in [2.45, 2.75) is 12.5 Å². The Morgan fingerprint density at radius 1 is 1.47 bits per heavy atom. The maximum atomic E-state index is 11.7. The van der Waals surface area contributed by atoms with Gasteiger partial charge in [0, 0.05) is 13.1 Å². The van der Waals surface area contributed by atoms with Gasteiger partial charge in [0.05, 0.1) is 13.5 Å². The van der Waals surface area contributed by atoms with Crippen molar-refractivity contribution >= 4 is 17.8 Å². The fourth-order valence-electron chi connectivity index (χ4n) is 1.36. The summed E-state index contributed by atoms with van der Waals surface area (Å²) >= 11 is 0. The Balaban J connectivity index is 2.81. The summed E-state index contributed by atoms with van der Waals surface area (Å²) in [5, 5.41) is 23.2. The standard InChI is InChI=1S/C10H13N3O6/c1-13-7(19-2)3-5(12-13)9(16)11-6(10(17)18)4-8(14)15/h3,6H,4H2,1-2H3,(H,11,16)(H,14,15)(H,17,18)/t6-/m0/s1. The van der Waals surface area contributed by atoms with Crippen LogP contribution in [-0.2, 0) is 16.6 Å². The maximum absolute atomic E-state index is 11.7. The third-order valence-electron chi connectivity index (χ3n) is 2.26. The molecule has 0 saturated carbocycles. The molecule has 0 aromatic carbocycles. The molecule has 1 aromatic heterocycles. The molecule has 0 bridgehead atoms. The first-order valence-electron chi connectivity index (χ1n) is 5.18. The van der Waals surface area contributed by atoms with E-state index in [1.807, 2.05) is 0 Å². The predicted octanol–water partition coefficient (Wildman–Crippen LogP) is -0.914. The maximum Gasteiger partial charge on any atom is 0.326 e. The van der Waals surface area contributed by atoms with Crippen molar-refractivity contribution in [3.63, 3.8) is 0 Å². The molecule has 3 N–H and O–H groups in total. The first kappa shape index (κ1) is 14.5. The van der Waals surface area contributed by atoms with E-state index in [4.69, 9.17) is 14.9 Å². The molecular formula is C10H13N3O6. The summed E-state index contributed by atoms with van der Waals surface area (Å²) in [6.07, 6.45) is -0.717. The van der Waals surface area contributed by atoms with Crippen LogP contribution in [0.5, 0.6) is 5.88 Å². The van der Waals surface area contributed by atoms with Gasteiger partial charge in [0.25, 0.3) is 5.91 Å². The summed E-state index contributed by atoms with van der Waals surface area (Å²) in [4.78, 5) is 33.0. The molecule has 0 fully saturated rings. The third-order valence-corrected chi connectivity index (χ3v) is 2.26. The van der Waals surface area contributed by atoms with Crippen LogP contribution in [0.2, 0.25) is 0 Å². The highest BCUT2D eigenvalue weighted by molar-refractivity contribution is 5.96. The number of carbonyl (C=O) groups excluding carboxylic acids is 1. The number of hydrogen-bond acceptors (Lipinski definition) is 5. The fourth-order valence-corrected chi connectivity index (χ4v) is 1.36. The van der Waals surface area contributed by atoms with Crippen molar-refractivity contribution in [3.05, 3.63) is 11.8 Å². The van der Waals surface area contributed by atoms with Gasteiger partial charge < -0.3 is 20.3 Å². The van der Waals surface area contributed by atoms with E-state index in [9.17, 15) is 14.4 Å². The van der Waals surface area contributed by atoms with Crippen LogP contribution in [-0.4, -0.2) is 51.0 Å². The molecule has 1 aromatic rings. The molecule has 9 heteroatoms. The van der Waals surface area contributed by atoms with E-state index in [1.54, 1.807) is 7.05 Å². The fraction of sp³-hybridized carbons (Fsp3) is 0.400. The first-order valence-corrected chi connectivity index (χ1v) is 5.18. The number of nitrogens with zero attached hydrogens (tertiary/aromatic N) is 2. The van der Waals surface area contributed by atoms with E-state index in [2.05, 4.69) is 10.4 Å². The predicted molar refractivity (Wildman–Crippen MR) is 60.9 cm³/mol. The van der Waals surface area contributed by atoms with Crippen molar-refractivity contribution in [1.29, 1.82) is 0 Å². The molecule has 0 aliphatic heterocycles. The highest BCUT2D eigenvalue weighted by Gasteiger charge is 2.25. The Labute approximate surface area is 107 Å². The van der Waals surface area contributed by atoms with Crippen LogP contribution in [0.15, 0.2) is 6.07 Å². The van der Waals surface area contributed by atoms with Gasteiger partial charge in [-0.3, -0.25) is 9.59 Å². The Kier molecular flexibility index (Phi) is 4.46. The van der Waals surface area contributed by atoms with E-state index in [0.29, 0.717) is 5.88 Å². The van der Waals surface area contributed by atoms with Crippen LogP contribution in [0.1, 0.15) is 16.9 Å². The summed E-state index contributed by atoms with van der Waals surface area (Å²) in [5.74, 6) is -3.23. The highest BCUT2D eigenvalue weighted by Crippen LogP contribution is 2.11. The lowest BCUT2D eigenvalue weighted by Gasteiger charge is -2.10. The molecule has 0 aliphatic rings. The van der Waals surface area contributed by atoms with E-state index in [1.165, 1.54) is 17.9 Å². The zero-order valence-corrected chi connectivity index (χ0v) is 10.3. The van der Waals surface area contributed by atoms with Crippen LogP contribution in [0, 0.1) is 0 Å². The van der Waals surface area contributed by atoms with Crippen LogP contribution >= 0.6 is 0 Å². The smallest absolute Gasteiger partial charge is 0.326 e. The summed E-state index contributed by atoms with van der Waals surface area (Å²) in [6, 6.07) is -0.201. The number of carboxylic acids is 2. The topological polar surface area (TPSA) is 131 Å². The summed E-state index contributed by atoms with van der Waals surface area (Å²) < 4.78 is 6.20. The Morgan fingerprint density at radius 2 is 2.11 bits per heavy atom. The van der Waals surface area contributed by atoms with Gasteiger partial charge in [0.15, 0.2) is 5.69 Å². The second kappa shape index (κ2) is 5.85. The average Bonchev–Trinajstić information content (AvgIpc) is 2.69. The van der Waals surface area contributed by atoms with Crippen LogP contribution < -0.4 is 10.1 Å². The van der Waals surface area contributed by atoms with Gasteiger partial charge in [-0.25, -0.2) is 9.48 Å². The summed E-state index contributed by atoms with van der Waals surface area (Å²) in [6.45, 7) is 0. The van der Waals surface area contributed by atoms with E-state index < -0.39 is 30.3 Å². The molecule has 9 nitrogen and oxygen atoms in total. The van der Waals surface area contributed by atoms with Crippen molar-refractivity contribution in [2.75, 3.05) is 7.11 Å². The quantitative estimate of drug-likeness (QED) is 0.610. The molecule has 0 unspecified atom stereocenters. The van der Waals surface area contributed by atoms with Crippen LogP contribution in [0.3, 0.4) is 0 Å². The molecule has 1 rings (SSSR count). The molecule has 1 atom stereocenters. The second-order valence-electron chi connectivity index (χ2n) is 3.66. The van der Waals surface area contributed by atoms with Gasteiger partial charge >= 0.3 is 11.9 Å². The number of carbonyl (C=O) groups is 3. The Bertz CT molecular complexity index is 509. The number of aromatic nitrogens is 2. The van der Waals surface area contributed by atoms with Gasteiger partial charge in [0.2, 0.25) is 5.88 Å². The van der Waals surface area contributed by atoms with Crippen LogP contribution in [0.4, 0.5) is 0 Å². The van der Waals surface area contributed by atoms with E-state index in [0.717, 1.165) is 0 Å².